The molecule has 3 atom stereocenters. The Balaban J connectivity index is 2.12. The van der Waals surface area contributed by atoms with Gasteiger partial charge in [-0.2, -0.15) is 5.26 Å². The van der Waals surface area contributed by atoms with Crippen molar-refractivity contribution >= 4 is 15.8 Å². The lowest BCUT2D eigenvalue weighted by atomic mass is 10.0. The summed E-state index contributed by atoms with van der Waals surface area (Å²) in [7, 11) is -3.89. The molecule has 0 heterocycles. The molecule has 3 rings (SSSR count). The third kappa shape index (κ3) is 2.69. The van der Waals surface area contributed by atoms with Gasteiger partial charge in [-0.1, -0.05) is 48.0 Å². The first-order chi connectivity index (χ1) is 12.4. The highest BCUT2D eigenvalue weighted by atomic mass is 32.2. The van der Waals surface area contributed by atoms with Crippen LogP contribution in [0.25, 0.3) is 0 Å². The van der Waals surface area contributed by atoms with Crippen molar-refractivity contribution < 1.29 is 17.9 Å². The standard InChI is InChI=1S/C20H19NO4S/c1-3-25-19(22)20(13-21)17(15-7-5-4-6-8-15)18(20)26(23,24)16-11-9-14(2)10-12-16/h4-12,17-18H,3H2,1-2H3/t17-,18+,20+/m1/s1. The first-order valence-electron chi connectivity index (χ1n) is 8.33. The summed E-state index contributed by atoms with van der Waals surface area (Å²) in [6.45, 7) is 3.58. The van der Waals surface area contributed by atoms with E-state index in [1.165, 1.54) is 12.1 Å². The average Bonchev–Trinajstić information content (AvgIpc) is 3.35. The van der Waals surface area contributed by atoms with E-state index in [1.54, 1.807) is 49.4 Å². The SMILES string of the molecule is CCOC(=O)[C@@]1(C#N)[C@H](c2ccccc2)[C@@H]1S(=O)(=O)c1ccc(C)cc1. The molecule has 0 N–H and O–H groups in total. The van der Waals surface area contributed by atoms with Crippen LogP contribution >= 0.6 is 0 Å². The predicted molar refractivity (Wildman–Crippen MR) is 96.0 cm³/mol. The molecule has 0 saturated heterocycles. The van der Waals surface area contributed by atoms with Crippen LogP contribution in [0.5, 0.6) is 0 Å². The molecular formula is C20H19NO4S. The van der Waals surface area contributed by atoms with Crippen molar-refractivity contribution in [1.82, 2.24) is 0 Å². The van der Waals surface area contributed by atoms with E-state index >= 15 is 0 Å². The molecule has 6 heteroatoms. The fraction of sp³-hybridized carbons (Fsp3) is 0.300. The van der Waals surface area contributed by atoms with E-state index in [9.17, 15) is 18.5 Å². The van der Waals surface area contributed by atoms with Crippen LogP contribution in [0.3, 0.4) is 0 Å². The molecular weight excluding hydrogens is 350 g/mol. The fourth-order valence-corrected chi connectivity index (χ4v) is 5.67. The Kier molecular flexibility index (Phi) is 4.59. The van der Waals surface area contributed by atoms with Crippen LogP contribution in [-0.2, 0) is 19.4 Å². The Morgan fingerprint density at radius 2 is 1.77 bits per heavy atom. The summed E-state index contributed by atoms with van der Waals surface area (Å²) in [6.07, 6.45) is 0. The van der Waals surface area contributed by atoms with Crippen LogP contribution in [0.2, 0.25) is 0 Å². The third-order valence-corrected chi connectivity index (χ3v) is 7.02. The number of benzene rings is 2. The number of carbonyl (C=O) groups is 1. The molecule has 2 aromatic rings. The van der Waals surface area contributed by atoms with Crippen LogP contribution in [0.15, 0.2) is 59.5 Å². The molecule has 0 radical (unpaired) electrons. The Bertz CT molecular complexity index is 961. The minimum Gasteiger partial charge on any atom is -0.465 e. The fourth-order valence-electron chi connectivity index (χ4n) is 3.43. The number of ether oxygens (including phenoxy) is 1. The van der Waals surface area contributed by atoms with E-state index in [2.05, 4.69) is 0 Å². The van der Waals surface area contributed by atoms with Gasteiger partial charge in [0.1, 0.15) is 5.25 Å². The second-order valence-corrected chi connectivity index (χ2v) is 8.44. The smallest absolute Gasteiger partial charge is 0.328 e. The van der Waals surface area contributed by atoms with Crippen LogP contribution in [0.4, 0.5) is 0 Å². The third-order valence-electron chi connectivity index (χ3n) is 4.77. The topological polar surface area (TPSA) is 84.2 Å². The van der Waals surface area contributed by atoms with Gasteiger partial charge in [0.15, 0.2) is 15.3 Å². The van der Waals surface area contributed by atoms with Crippen LogP contribution in [-0.4, -0.2) is 26.2 Å². The number of hydrogen-bond acceptors (Lipinski definition) is 5. The van der Waals surface area contributed by atoms with Gasteiger partial charge in [0.25, 0.3) is 0 Å². The maximum atomic E-state index is 13.2. The van der Waals surface area contributed by atoms with Crippen molar-refractivity contribution in [2.75, 3.05) is 6.61 Å². The molecule has 0 unspecified atom stereocenters. The summed E-state index contributed by atoms with van der Waals surface area (Å²) in [4.78, 5) is 12.7. The lowest BCUT2D eigenvalue weighted by Crippen LogP contribution is -2.25. The molecule has 134 valence electrons. The van der Waals surface area contributed by atoms with Crippen molar-refractivity contribution in [3.05, 3.63) is 65.7 Å². The van der Waals surface area contributed by atoms with Gasteiger partial charge in [-0.05, 0) is 31.5 Å². The molecule has 1 aliphatic rings. The van der Waals surface area contributed by atoms with Gasteiger partial charge < -0.3 is 4.74 Å². The largest absolute Gasteiger partial charge is 0.465 e. The highest BCUT2D eigenvalue weighted by Crippen LogP contribution is 2.64. The van der Waals surface area contributed by atoms with Crippen molar-refractivity contribution in [3.8, 4) is 6.07 Å². The highest BCUT2D eigenvalue weighted by molar-refractivity contribution is 7.92. The lowest BCUT2D eigenvalue weighted by molar-refractivity contribution is -0.147. The van der Waals surface area contributed by atoms with Crippen LogP contribution < -0.4 is 0 Å². The molecule has 1 fully saturated rings. The number of nitrogens with zero attached hydrogens (tertiary/aromatic N) is 1. The quantitative estimate of drug-likeness (QED) is 0.757. The molecule has 26 heavy (non-hydrogen) atoms. The minimum absolute atomic E-state index is 0.0844. The first kappa shape index (κ1) is 18.2. The minimum atomic E-state index is -3.89. The second kappa shape index (κ2) is 6.58. The lowest BCUT2D eigenvalue weighted by Gasteiger charge is -2.09. The summed E-state index contributed by atoms with van der Waals surface area (Å²) in [5.41, 5.74) is -0.153. The summed E-state index contributed by atoms with van der Waals surface area (Å²) < 4.78 is 31.5. The second-order valence-electron chi connectivity index (χ2n) is 6.37. The van der Waals surface area contributed by atoms with Gasteiger partial charge in [-0.15, -0.1) is 0 Å². The molecule has 1 aliphatic carbocycles. The van der Waals surface area contributed by atoms with Crippen LogP contribution in [0, 0.1) is 23.7 Å². The molecule has 0 aromatic heterocycles. The number of hydrogen-bond donors (Lipinski definition) is 0. The molecule has 2 aromatic carbocycles. The number of carbonyl (C=O) groups excluding carboxylic acids is 1. The predicted octanol–water partition coefficient (Wildman–Crippen LogP) is 3.01. The Hall–Kier alpha value is -2.65. The summed E-state index contributed by atoms with van der Waals surface area (Å²) in [5, 5.41) is 8.63. The zero-order chi connectivity index (χ0) is 18.9. The Morgan fingerprint density at radius 3 is 2.31 bits per heavy atom. The van der Waals surface area contributed by atoms with Crippen molar-refractivity contribution in [3.63, 3.8) is 0 Å². The van der Waals surface area contributed by atoms with Crippen LogP contribution in [0.1, 0.15) is 24.0 Å². The van der Waals surface area contributed by atoms with Crippen molar-refractivity contribution in [2.24, 2.45) is 5.41 Å². The first-order valence-corrected chi connectivity index (χ1v) is 9.88. The molecule has 5 nitrogen and oxygen atoms in total. The maximum Gasteiger partial charge on any atom is 0.328 e. The van der Waals surface area contributed by atoms with Gasteiger partial charge in [0.05, 0.1) is 17.6 Å². The van der Waals surface area contributed by atoms with E-state index in [-0.39, 0.29) is 11.5 Å². The molecule has 0 amide bonds. The number of sulfone groups is 1. The number of rotatable bonds is 5. The van der Waals surface area contributed by atoms with Gasteiger partial charge in [0.2, 0.25) is 0 Å². The highest BCUT2D eigenvalue weighted by Gasteiger charge is 2.77. The monoisotopic (exact) mass is 369 g/mol. The normalized spacial score (nSPS) is 24.5. The maximum absolute atomic E-state index is 13.2. The van der Waals surface area contributed by atoms with E-state index in [1.807, 2.05) is 13.0 Å². The molecule has 0 aliphatic heterocycles. The average molecular weight is 369 g/mol. The molecule has 0 bridgehead atoms. The summed E-state index contributed by atoms with van der Waals surface area (Å²) in [6, 6.07) is 17.2. The summed E-state index contributed by atoms with van der Waals surface area (Å²) in [5.74, 6) is -1.53. The molecule has 1 saturated carbocycles. The number of nitriles is 1. The number of esters is 1. The van der Waals surface area contributed by atoms with E-state index in [4.69, 9.17) is 4.74 Å². The Morgan fingerprint density at radius 1 is 1.15 bits per heavy atom. The van der Waals surface area contributed by atoms with Gasteiger partial charge >= 0.3 is 5.97 Å². The van der Waals surface area contributed by atoms with Gasteiger partial charge in [-0.3, -0.25) is 4.79 Å². The zero-order valence-electron chi connectivity index (χ0n) is 14.5. The van der Waals surface area contributed by atoms with E-state index < -0.39 is 32.4 Å². The summed E-state index contributed by atoms with van der Waals surface area (Å²) >= 11 is 0. The van der Waals surface area contributed by atoms with Crippen molar-refractivity contribution in [2.45, 2.75) is 29.9 Å². The van der Waals surface area contributed by atoms with Crippen molar-refractivity contribution in [1.29, 1.82) is 5.26 Å². The van der Waals surface area contributed by atoms with Gasteiger partial charge in [0, 0.05) is 5.92 Å². The Labute approximate surface area is 153 Å². The van der Waals surface area contributed by atoms with E-state index in [0.717, 1.165) is 5.56 Å². The number of aryl methyl sites for hydroxylation is 1. The van der Waals surface area contributed by atoms with E-state index in [0.29, 0.717) is 5.56 Å². The molecule has 0 spiro atoms. The van der Waals surface area contributed by atoms with Gasteiger partial charge in [-0.25, -0.2) is 8.42 Å². The zero-order valence-corrected chi connectivity index (χ0v) is 15.4.